The van der Waals surface area contributed by atoms with E-state index in [2.05, 4.69) is 30.1 Å². The van der Waals surface area contributed by atoms with Gasteiger partial charge in [-0.15, -0.1) is 0 Å². The first kappa shape index (κ1) is 21.0. The summed E-state index contributed by atoms with van der Waals surface area (Å²) in [6.07, 6.45) is 2.21. The summed E-state index contributed by atoms with van der Waals surface area (Å²) in [6, 6.07) is 12.3. The molecule has 0 saturated carbocycles. The fourth-order valence-electron chi connectivity index (χ4n) is 4.57. The maximum atomic E-state index is 12.9. The standard InChI is InChI=1S/C24H30ClN3O2/c1-16(2)27-10-8-17(9-11-27)22-13-21(6-7-23(22)30-3)26-24(29)28-14-18-4-5-20(25)12-19(18)15-28/h4-7,12-13,16-17H,8-11,14-15H2,1-3H3,(H,26,29). The Morgan fingerprint density at radius 2 is 1.83 bits per heavy atom. The molecular weight excluding hydrogens is 398 g/mol. The number of hydrogen-bond donors (Lipinski definition) is 1. The van der Waals surface area contributed by atoms with E-state index in [1.165, 1.54) is 5.56 Å². The van der Waals surface area contributed by atoms with Crippen LogP contribution in [0.2, 0.25) is 5.02 Å². The van der Waals surface area contributed by atoms with Gasteiger partial charge in [0, 0.05) is 29.8 Å². The molecule has 1 saturated heterocycles. The van der Waals surface area contributed by atoms with Gasteiger partial charge in [-0.25, -0.2) is 4.79 Å². The first-order chi connectivity index (χ1) is 14.4. The summed E-state index contributed by atoms with van der Waals surface area (Å²) in [5.74, 6) is 1.35. The van der Waals surface area contributed by atoms with E-state index in [9.17, 15) is 4.79 Å². The second-order valence-electron chi connectivity index (χ2n) is 8.56. The minimum absolute atomic E-state index is 0.0898. The van der Waals surface area contributed by atoms with Crippen molar-refractivity contribution < 1.29 is 9.53 Å². The van der Waals surface area contributed by atoms with E-state index < -0.39 is 0 Å². The van der Waals surface area contributed by atoms with Crippen LogP contribution in [0.3, 0.4) is 0 Å². The van der Waals surface area contributed by atoms with E-state index in [1.807, 2.05) is 35.2 Å². The van der Waals surface area contributed by atoms with Crippen LogP contribution in [0.25, 0.3) is 0 Å². The smallest absolute Gasteiger partial charge is 0.322 e. The molecule has 0 unspecified atom stereocenters. The Balaban J connectivity index is 1.45. The maximum absolute atomic E-state index is 12.9. The number of benzene rings is 2. The SMILES string of the molecule is COc1ccc(NC(=O)N2Cc3ccc(Cl)cc3C2)cc1C1CCN(C(C)C)CC1. The zero-order valence-corrected chi connectivity index (χ0v) is 18.7. The molecule has 2 aliphatic heterocycles. The molecule has 0 atom stereocenters. The van der Waals surface area contributed by atoms with Crippen molar-refractivity contribution in [3.63, 3.8) is 0 Å². The number of carbonyl (C=O) groups excluding carboxylic acids is 1. The van der Waals surface area contributed by atoms with Gasteiger partial charge in [-0.3, -0.25) is 0 Å². The molecule has 2 aromatic rings. The fourth-order valence-corrected chi connectivity index (χ4v) is 4.76. The van der Waals surface area contributed by atoms with E-state index in [0.717, 1.165) is 48.5 Å². The molecule has 2 amide bonds. The minimum atomic E-state index is -0.0898. The Morgan fingerprint density at radius 3 is 2.53 bits per heavy atom. The van der Waals surface area contributed by atoms with Crippen molar-refractivity contribution in [3.8, 4) is 5.75 Å². The van der Waals surface area contributed by atoms with Crippen LogP contribution in [-0.2, 0) is 13.1 Å². The molecule has 2 aliphatic rings. The zero-order valence-electron chi connectivity index (χ0n) is 18.0. The van der Waals surface area contributed by atoms with Crippen molar-refractivity contribution in [2.75, 3.05) is 25.5 Å². The van der Waals surface area contributed by atoms with E-state index >= 15 is 0 Å². The second-order valence-corrected chi connectivity index (χ2v) is 9.00. The normalized spacial score (nSPS) is 17.3. The number of ether oxygens (including phenoxy) is 1. The summed E-state index contributed by atoms with van der Waals surface area (Å²) in [5, 5.41) is 3.79. The van der Waals surface area contributed by atoms with Gasteiger partial charge in [0.25, 0.3) is 0 Å². The van der Waals surface area contributed by atoms with E-state index in [1.54, 1.807) is 7.11 Å². The topological polar surface area (TPSA) is 44.8 Å². The maximum Gasteiger partial charge on any atom is 0.322 e. The average molecular weight is 428 g/mol. The van der Waals surface area contributed by atoms with Crippen LogP contribution in [0.5, 0.6) is 5.75 Å². The number of piperidine rings is 1. The number of likely N-dealkylation sites (tertiary alicyclic amines) is 1. The quantitative estimate of drug-likeness (QED) is 0.702. The van der Waals surface area contributed by atoms with Crippen LogP contribution in [-0.4, -0.2) is 42.1 Å². The second kappa shape index (κ2) is 8.86. The predicted molar refractivity (Wildman–Crippen MR) is 121 cm³/mol. The molecule has 2 heterocycles. The Hall–Kier alpha value is -2.24. The lowest BCUT2D eigenvalue weighted by molar-refractivity contribution is 0.171. The van der Waals surface area contributed by atoms with Crippen LogP contribution in [0.4, 0.5) is 10.5 Å². The lowest BCUT2D eigenvalue weighted by atomic mass is 9.88. The number of halogens is 1. The van der Waals surface area contributed by atoms with Crippen LogP contribution in [0.1, 0.15) is 49.3 Å². The van der Waals surface area contributed by atoms with Gasteiger partial charge in [0.05, 0.1) is 7.11 Å². The van der Waals surface area contributed by atoms with Crippen LogP contribution in [0, 0.1) is 0 Å². The number of hydrogen-bond acceptors (Lipinski definition) is 3. The van der Waals surface area contributed by atoms with E-state index in [-0.39, 0.29) is 6.03 Å². The molecule has 0 aliphatic carbocycles. The van der Waals surface area contributed by atoms with Crippen molar-refractivity contribution in [2.45, 2.75) is 51.7 Å². The lowest BCUT2D eigenvalue weighted by Gasteiger charge is -2.35. The number of nitrogens with one attached hydrogen (secondary N) is 1. The van der Waals surface area contributed by atoms with Crippen LogP contribution >= 0.6 is 11.6 Å². The van der Waals surface area contributed by atoms with Gasteiger partial charge < -0.3 is 19.9 Å². The number of fused-ring (bicyclic) bond motifs is 1. The summed E-state index contributed by atoms with van der Waals surface area (Å²) in [5.41, 5.74) is 4.28. The average Bonchev–Trinajstić information content (AvgIpc) is 3.17. The highest BCUT2D eigenvalue weighted by molar-refractivity contribution is 6.30. The molecule has 0 radical (unpaired) electrons. The highest BCUT2D eigenvalue weighted by atomic mass is 35.5. The predicted octanol–water partition coefficient (Wildman–Crippen LogP) is 5.48. The first-order valence-corrected chi connectivity index (χ1v) is 11.1. The highest BCUT2D eigenvalue weighted by Gasteiger charge is 2.26. The van der Waals surface area contributed by atoms with Gasteiger partial charge in [-0.2, -0.15) is 0 Å². The number of anilines is 1. The van der Waals surface area contributed by atoms with E-state index in [0.29, 0.717) is 30.1 Å². The van der Waals surface area contributed by atoms with Gasteiger partial charge in [-0.1, -0.05) is 17.7 Å². The third kappa shape index (κ3) is 4.42. The molecular formula is C24H30ClN3O2. The zero-order chi connectivity index (χ0) is 21.3. The molecule has 0 bridgehead atoms. The molecule has 5 nitrogen and oxygen atoms in total. The Morgan fingerprint density at radius 1 is 1.10 bits per heavy atom. The van der Waals surface area contributed by atoms with Crippen molar-refractivity contribution >= 4 is 23.3 Å². The van der Waals surface area contributed by atoms with Crippen molar-refractivity contribution in [2.24, 2.45) is 0 Å². The Labute approximate surface area is 184 Å². The highest BCUT2D eigenvalue weighted by Crippen LogP contribution is 2.36. The van der Waals surface area contributed by atoms with E-state index in [4.69, 9.17) is 16.3 Å². The molecule has 2 aromatic carbocycles. The van der Waals surface area contributed by atoms with Crippen LogP contribution < -0.4 is 10.1 Å². The summed E-state index contributed by atoms with van der Waals surface area (Å²) in [4.78, 5) is 17.2. The molecule has 30 heavy (non-hydrogen) atoms. The number of urea groups is 1. The molecule has 160 valence electrons. The molecule has 4 rings (SSSR count). The van der Waals surface area contributed by atoms with Gasteiger partial charge >= 0.3 is 6.03 Å². The third-order valence-corrected chi connectivity index (χ3v) is 6.59. The molecule has 1 fully saturated rings. The van der Waals surface area contributed by atoms with Crippen LogP contribution in [0.15, 0.2) is 36.4 Å². The number of nitrogens with zero attached hydrogens (tertiary/aromatic N) is 2. The summed E-state index contributed by atoms with van der Waals surface area (Å²) < 4.78 is 5.64. The fraction of sp³-hybridized carbons (Fsp3) is 0.458. The summed E-state index contributed by atoms with van der Waals surface area (Å²) in [7, 11) is 1.72. The van der Waals surface area contributed by atoms with Gasteiger partial charge in [0.1, 0.15) is 5.75 Å². The Bertz CT molecular complexity index is 923. The lowest BCUT2D eigenvalue weighted by Crippen LogP contribution is -2.37. The molecule has 0 aromatic heterocycles. The van der Waals surface area contributed by atoms with Gasteiger partial charge in [0.15, 0.2) is 0 Å². The number of rotatable bonds is 4. The van der Waals surface area contributed by atoms with Crippen molar-refractivity contribution in [3.05, 3.63) is 58.1 Å². The Kier molecular flexibility index (Phi) is 6.21. The van der Waals surface area contributed by atoms with Crippen molar-refractivity contribution in [1.29, 1.82) is 0 Å². The third-order valence-electron chi connectivity index (χ3n) is 6.36. The number of methoxy groups -OCH3 is 1. The minimum Gasteiger partial charge on any atom is -0.496 e. The number of carbonyl (C=O) groups is 1. The monoisotopic (exact) mass is 427 g/mol. The largest absolute Gasteiger partial charge is 0.496 e. The van der Waals surface area contributed by atoms with Gasteiger partial charge in [-0.05, 0) is 92.7 Å². The molecule has 1 N–H and O–H groups in total. The summed E-state index contributed by atoms with van der Waals surface area (Å²) >= 11 is 6.09. The summed E-state index contributed by atoms with van der Waals surface area (Å²) in [6.45, 7) is 7.88. The van der Waals surface area contributed by atoms with Crippen molar-refractivity contribution in [1.82, 2.24) is 9.80 Å². The number of amides is 2. The molecule has 6 heteroatoms. The first-order valence-electron chi connectivity index (χ1n) is 10.7. The molecule has 0 spiro atoms. The van der Waals surface area contributed by atoms with Gasteiger partial charge in [0.2, 0.25) is 0 Å².